The molecule has 0 radical (unpaired) electrons. The molecule has 0 fully saturated rings. The van der Waals surface area contributed by atoms with Crippen molar-refractivity contribution in [3.05, 3.63) is 41.8 Å². The summed E-state index contributed by atoms with van der Waals surface area (Å²) in [5.74, 6) is 0.828. The first kappa shape index (κ1) is 25.0. The second kappa shape index (κ2) is 11.4. The van der Waals surface area contributed by atoms with E-state index in [1.54, 1.807) is 0 Å². The van der Waals surface area contributed by atoms with Gasteiger partial charge in [0.2, 0.25) is 5.36 Å². The Morgan fingerprint density at radius 1 is 0.935 bits per heavy atom. The molecule has 1 heterocycles. The molecule has 1 aromatic rings. The van der Waals surface area contributed by atoms with E-state index in [2.05, 4.69) is 53.7 Å². The summed E-state index contributed by atoms with van der Waals surface area (Å²) < 4.78 is 42.3. The van der Waals surface area contributed by atoms with Crippen LogP contribution in [0.3, 0.4) is 0 Å². The molecule has 8 nitrogen and oxygen atoms in total. The lowest BCUT2D eigenvalue weighted by Crippen LogP contribution is -2.68. The summed E-state index contributed by atoms with van der Waals surface area (Å²) in [4.78, 5) is 7.25. The van der Waals surface area contributed by atoms with E-state index < -0.39 is 10.2 Å². The van der Waals surface area contributed by atoms with Crippen LogP contribution in [0.1, 0.15) is 39.5 Å². The summed E-state index contributed by atoms with van der Waals surface area (Å²) in [7, 11) is -0.875. The number of halogens is 1. The molecule has 170 valence electrons. The van der Waals surface area contributed by atoms with Crippen LogP contribution >= 0.6 is 0 Å². The molecule has 2 aliphatic rings. The Balaban J connectivity index is 0.000000614. The van der Waals surface area contributed by atoms with E-state index in [-0.39, 0.29) is 0 Å². The van der Waals surface area contributed by atoms with E-state index in [1.165, 1.54) is 31.4 Å². The molecule has 0 bridgehead atoms. The van der Waals surface area contributed by atoms with Gasteiger partial charge in [-0.1, -0.05) is 26.7 Å². The van der Waals surface area contributed by atoms with Crippen LogP contribution in [0.4, 0.5) is 5.69 Å². The van der Waals surface area contributed by atoms with Gasteiger partial charge in [0.15, 0.2) is 11.3 Å². The summed E-state index contributed by atoms with van der Waals surface area (Å²) in [5, 5.41) is 1.12. The van der Waals surface area contributed by atoms with E-state index in [4.69, 9.17) is 28.0 Å². The van der Waals surface area contributed by atoms with E-state index in [9.17, 15) is 0 Å². The van der Waals surface area contributed by atoms with Gasteiger partial charge in [0, 0.05) is 30.9 Å². The monoisotopic (exact) mass is 451 g/mol. The van der Waals surface area contributed by atoms with Gasteiger partial charge in [-0.05, 0) is 31.0 Å². The van der Waals surface area contributed by atoms with Crippen molar-refractivity contribution in [2.75, 3.05) is 32.1 Å². The summed E-state index contributed by atoms with van der Waals surface area (Å²) in [6, 6.07) is 12.6. The first-order chi connectivity index (χ1) is 14.6. The Labute approximate surface area is 184 Å². The van der Waals surface area contributed by atoms with Gasteiger partial charge in [0.1, 0.15) is 25.3 Å². The normalized spacial score (nSPS) is 11.4. The van der Waals surface area contributed by atoms with Crippen molar-refractivity contribution in [2.24, 2.45) is 0 Å². The highest BCUT2D eigenvalue weighted by molar-refractivity contribution is 5.80. The topological polar surface area (TPSA) is 125 Å². The van der Waals surface area contributed by atoms with Gasteiger partial charge in [-0.3, -0.25) is 0 Å². The lowest BCUT2D eigenvalue weighted by atomic mass is 10.2. The third-order valence-electron chi connectivity index (χ3n) is 4.79. The van der Waals surface area contributed by atoms with E-state index >= 15 is 0 Å². The Morgan fingerprint density at radius 2 is 1.55 bits per heavy atom. The Morgan fingerprint density at radius 3 is 2.10 bits per heavy atom. The van der Waals surface area contributed by atoms with Gasteiger partial charge < -0.3 is 9.32 Å². The van der Waals surface area contributed by atoms with Crippen molar-refractivity contribution >= 4 is 16.8 Å². The van der Waals surface area contributed by atoms with Gasteiger partial charge in [0.05, 0.1) is 6.07 Å². The van der Waals surface area contributed by atoms with Crippen molar-refractivity contribution in [3.63, 3.8) is 0 Å². The highest BCUT2D eigenvalue weighted by Crippen LogP contribution is 2.27. The fourth-order valence-corrected chi connectivity index (χ4v) is 3.14. The van der Waals surface area contributed by atoms with Gasteiger partial charge in [-0.25, -0.2) is 28.2 Å². The van der Waals surface area contributed by atoms with Crippen molar-refractivity contribution in [2.45, 2.75) is 39.5 Å². The number of benzene rings is 2. The first-order valence-electron chi connectivity index (χ1n) is 10.3. The van der Waals surface area contributed by atoms with E-state index in [0.29, 0.717) is 0 Å². The van der Waals surface area contributed by atoms with Gasteiger partial charge >= 0.3 is 0 Å². The molecule has 1 aliphatic carbocycles. The maximum absolute atomic E-state index is 8.49. The zero-order chi connectivity index (χ0) is 23.0. The van der Waals surface area contributed by atoms with E-state index in [0.717, 1.165) is 41.0 Å². The standard InChI is InChI=1S/C22H30N3O.ClHO4/c1-5-7-13-25(14-8-6-2)18-10-12-20-22(16-18)26-21-15-17(24(3)4)9-11-19(21)23-20;2-1(3,4)5/h9-12,15-16H,5-8,13-14H2,1-4H3;(H,2,3,4,5)/q+1;/p-1. The average Bonchev–Trinajstić information content (AvgIpc) is 2.70. The molecule has 31 heavy (non-hydrogen) atoms. The molecule has 1 aliphatic heterocycles. The number of rotatable bonds is 7. The number of hydrogen-bond donors (Lipinski definition) is 0. The molecular formula is C22H30ClN3O5. The van der Waals surface area contributed by atoms with Crippen molar-refractivity contribution < 1.29 is 33.3 Å². The number of unbranched alkanes of at least 4 members (excludes halogenated alkanes) is 2. The number of hydrogen-bond acceptors (Lipinski definition) is 7. The van der Waals surface area contributed by atoms with Crippen LogP contribution in [-0.4, -0.2) is 32.2 Å². The molecule has 0 amide bonds. The van der Waals surface area contributed by atoms with Gasteiger partial charge in [-0.15, -0.1) is 10.2 Å². The minimum atomic E-state index is -4.94. The lowest BCUT2D eigenvalue weighted by Gasteiger charge is -2.24. The third kappa shape index (κ3) is 8.08. The average molecular weight is 452 g/mol. The Hall–Kier alpha value is -2.23. The largest absolute Gasteiger partial charge is 0.452 e. The van der Waals surface area contributed by atoms with Gasteiger partial charge in [0.25, 0.3) is 0 Å². The Kier molecular flexibility index (Phi) is 9.21. The molecule has 0 saturated carbocycles. The number of fused-ring (bicyclic) bond motifs is 2. The molecule has 9 heteroatoms. The lowest BCUT2D eigenvalue weighted by molar-refractivity contribution is -2.00. The van der Waals surface area contributed by atoms with Gasteiger partial charge in [-0.2, -0.15) is 0 Å². The highest BCUT2D eigenvalue weighted by atomic mass is 35.7. The SMILES string of the molecule is CCCCN(CCCC)c1ccc2nc3ccc(=[N+](C)C)cc-3oc2c1.[O-][Cl+3]([O-])([O-])[O-]. The fourth-order valence-electron chi connectivity index (χ4n) is 3.14. The van der Waals surface area contributed by atoms with Crippen molar-refractivity contribution in [1.82, 2.24) is 9.56 Å². The van der Waals surface area contributed by atoms with Crippen LogP contribution in [-0.2, 0) is 0 Å². The summed E-state index contributed by atoms with van der Waals surface area (Å²) >= 11 is 0. The van der Waals surface area contributed by atoms with Crippen LogP contribution in [0.15, 0.2) is 40.8 Å². The fraction of sp³-hybridized carbons (Fsp3) is 0.455. The molecule has 1 aromatic carbocycles. The predicted molar refractivity (Wildman–Crippen MR) is 110 cm³/mol. The molecule has 3 rings (SSSR count). The molecular weight excluding hydrogens is 422 g/mol. The van der Waals surface area contributed by atoms with Crippen molar-refractivity contribution in [1.29, 1.82) is 0 Å². The number of anilines is 1. The van der Waals surface area contributed by atoms with Crippen LogP contribution in [0, 0.1) is 10.2 Å². The van der Waals surface area contributed by atoms with Crippen molar-refractivity contribution in [3.8, 4) is 11.5 Å². The van der Waals surface area contributed by atoms with E-state index in [1.807, 2.05) is 20.2 Å². The third-order valence-corrected chi connectivity index (χ3v) is 4.79. The molecule has 0 atom stereocenters. The maximum Gasteiger partial charge on any atom is 0.203 e. The number of aromatic nitrogens is 1. The zero-order valence-electron chi connectivity index (χ0n) is 18.5. The second-order valence-electron chi connectivity index (χ2n) is 7.48. The minimum absolute atomic E-state index is 0.828. The molecule has 0 spiro atoms. The zero-order valence-corrected chi connectivity index (χ0v) is 19.2. The molecule has 0 N–H and O–H groups in total. The summed E-state index contributed by atoms with van der Waals surface area (Å²) in [5.41, 5.74) is 3.88. The Bertz CT molecular complexity index is 998. The number of nitrogens with zero attached hydrogens (tertiary/aromatic N) is 3. The molecule has 0 aromatic heterocycles. The summed E-state index contributed by atoms with van der Waals surface area (Å²) in [6.07, 6.45) is 4.84. The summed E-state index contributed by atoms with van der Waals surface area (Å²) in [6.45, 7) is 6.67. The predicted octanol–water partition coefficient (Wildman–Crippen LogP) is -0.385. The maximum atomic E-state index is 8.49. The van der Waals surface area contributed by atoms with Crippen LogP contribution in [0.5, 0.6) is 0 Å². The quantitative estimate of drug-likeness (QED) is 0.354. The first-order valence-corrected chi connectivity index (χ1v) is 11.6. The smallest absolute Gasteiger partial charge is 0.203 e. The van der Waals surface area contributed by atoms with Crippen LogP contribution in [0.2, 0.25) is 0 Å². The second-order valence-corrected chi connectivity index (χ2v) is 8.24. The minimum Gasteiger partial charge on any atom is -0.452 e. The highest BCUT2D eigenvalue weighted by Gasteiger charge is 2.13. The molecule has 0 saturated heterocycles. The van der Waals surface area contributed by atoms with Crippen LogP contribution < -0.4 is 33.5 Å². The molecule has 0 unspecified atom stereocenters. The van der Waals surface area contributed by atoms with Crippen LogP contribution in [0.25, 0.3) is 22.6 Å².